The van der Waals surface area contributed by atoms with Crippen LogP contribution in [-0.4, -0.2) is 24.2 Å². The van der Waals surface area contributed by atoms with Crippen LogP contribution in [0.5, 0.6) is 11.8 Å². The lowest BCUT2D eigenvalue weighted by Gasteiger charge is -2.03. The predicted octanol–water partition coefficient (Wildman–Crippen LogP) is 2.73. The maximum atomic E-state index is 5.28. The van der Waals surface area contributed by atoms with Gasteiger partial charge in [0.15, 0.2) is 0 Å². The zero-order valence-electron chi connectivity index (χ0n) is 9.65. The number of hydrogen-bond donors (Lipinski definition) is 1. The Bertz CT molecular complexity index is 688. The number of methoxy groups -OCH3 is 2. The van der Waals surface area contributed by atoms with Crippen LogP contribution in [0.1, 0.15) is 0 Å². The van der Waals surface area contributed by atoms with Crippen LogP contribution in [0.2, 0.25) is 0 Å². The molecule has 4 nitrogen and oxygen atoms in total. The second-order valence-electron chi connectivity index (χ2n) is 3.77. The molecule has 1 N–H and O–H groups in total. The van der Waals surface area contributed by atoms with Crippen LogP contribution in [-0.2, 0) is 0 Å². The number of pyridine rings is 1. The highest BCUT2D eigenvalue weighted by molar-refractivity contribution is 6.09. The first-order valence-electron chi connectivity index (χ1n) is 5.33. The molecular weight excluding hydrogens is 216 g/mol. The largest absolute Gasteiger partial charge is 0.481 e. The van der Waals surface area contributed by atoms with Gasteiger partial charge in [0.25, 0.3) is 0 Å². The lowest BCUT2D eigenvalue weighted by atomic mass is 10.2. The van der Waals surface area contributed by atoms with Gasteiger partial charge in [-0.1, -0.05) is 18.2 Å². The van der Waals surface area contributed by atoms with Gasteiger partial charge in [0.05, 0.1) is 14.2 Å². The average Bonchev–Trinajstić information content (AvgIpc) is 2.76. The molecule has 17 heavy (non-hydrogen) atoms. The number of H-pyrrole nitrogens is 1. The molecule has 0 unspecified atom stereocenters. The number of nitrogens with zero attached hydrogens (tertiary/aromatic N) is 1. The van der Waals surface area contributed by atoms with E-state index in [0.29, 0.717) is 11.8 Å². The van der Waals surface area contributed by atoms with Crippen molar-refractivity contribution in [2.75, 3.05) is 14.2 Å². The van der Waals surface area contributed by atoms with E-state index < -0.39 is 0 Å². The highest BCUT2D eigenvalue weighted by atomic mass is 16.5. The topological polar surface area (TPSA) is 47.1 Å². The van der Waals surface area contributed by atoms with Gasteiger partial charge in [-0.25, -0.2) is 0 Å². The number of aromatic nitrogens is 2. The summed E-state index contributed by atoms with van der Waals surface area (Å²) in [6, 6.07) is 10.0. The number of hydrogen-bond acceptors (Lipinski definition) is 3. The molecule has 3 rings (SSSR count). The van der Waals surface area contributed by atoms with E-state index in [1.165, 1.54) is 0 Å². The average molecular weight is 228 g/mol. The second-order valence-corrected chi connectivity index (χ2v) is 3.77. The normalized spacial score (nSPS) is 10.9. The molecule has 0 fully saturated rings. The van der Waals surface area contributed by atoms with E-state index in [1.54, 1.807) is 14.2 Å². The summed E-state index contributed by atoms with van der Waals surface area (Å²) in [6.45, 7) is 0. The Morgan fingerprint density at radius 2 is 1.88 bits per heavy atom. The van der Waals surface area contributed by atoms with E-state index in [1.807, 2.05) is 24.3 Å². The first kappa shape index (κ1) is 9.96. The van der Waals surface area contributed by atoms with Gasteiger partial charge in [0.1, 0.15) is 5.52 Å². The van der Waals surface area contributed by atoms with Crippen molar-refractivity contribution in [2.45, 2.75) is 0 Å². The molecule has 0 saturated carbocycles. The smallest absolute Gasteiger partial charge is 0.241 e. The fourth-order valence-electron chi connectivity index (χ4n) is 2.05. The van der Waals surface area contributed by atoms with Crippen LogP contribution in [0.3, 0.4) is 0 Å². The molecule has 0 saturated heterocycles. The van der Waals surface area contributed by atoms with Crippen molar-refractivity contribution in [2.24, 2.45) is 0 Å². The number of nitrogens with one attached hydrogen (secondary N) is 1. The fraction of sp³-hybridized carbons (Fsp3) is 0.154. The molecule has 0 aliphatic heterocycles. The summed E-state index contributed by atoms with van der Waals surface area (Å²) in [5.74, 6) is 1.11. The van der Waals surface area contributed by atoms with E-state index in [9.17, 15) is 0 Å². The van der Waals surface area contributed by atoms with Gasteiger partial charge >= 0.3 is 0 Å². The molecule has 86 valence electrons. The molecule has 1 aromatic carbocycles. The van der Waals surface area contributed by atoms with Gasteiger partial charge in [0.2, 0.25) is 11.8 Å². The number of ether oxygens (including phenoxy) is 2. The molecule has 4 heteroatoms. The van der Waals surface area contributed by atoms with Crippen LogP contribution in [0.15, 0.2) is 30.3 Å². The maximum Gasteiger partial charge on any atom is 0.241 e. The summed E-state index contributed by atoms with van der Waals surface area (Å²) >= 11 is 0. The monoisotopic (exact) mass is 228 g/mol. The molecule has 0 amide bonds. The summed E-state index contributed by atoms with van der Waals surface area (Å²) in [6.07, 6.45) is 0. The third-order valence-electron chi connectivity index (χ3n) is 2.84. The zero-order chi connectivity index (χ0) is 11.8. The third kappa shape index (κ3) is 1.41. The summed E-state index contributed by atoms with van der Waals surface area (Å²) in [7, 11) is 3.20. The van der Waals surface area contributed by atoms with Gasteiger partial charge in [-0.15, -0.1) is 0 Å². The number of aromatic amines is 1. The molecule has 2 aromatic heterocycles. The Labute approximate surface area is 98.2 Å². The number of fused-ring (bicyclic) bond motifs is 3. The summed E-state index contributed by atoms with van der Waals surface area (Å²) in [5, 5.41) is 2.20. The lowest BCUT2D eigenvalue weighted by molar-refractivity contribution is 0.368. The van der Waals surface area contributed by atoms with Crippen molar-refractivity contribution in [3.63, 3.8) is 0 Å². The van der Waals surface area contributed by atoms with E-state index in [-0.39, 0.29) is 0 Å². The van der Waals surface area contributed by atoms with Crippen LogP contribution in [0.25, 0.3) is 21.8 Å². The van der Waals surface area contributed by atoms with E-state index in [2.05, 4.69) is 16.0 Å². The van der Waals surface area contributed by atoms with Gasteiger partial charge in [-0.3, -0.25) is 0 Å². The SMILES string of the molecule is COc1cc2c([nH]c3ccccc32)c(OC)n1. The Hall–Kier alpha value is -2.23. The first-order chi connectivity index (χ1) is 8.33. The molecule has 0 aliphatic carbocycles. The minimum absolute atomic E-state index is 0.551. The Kier molecular flexibility index (Phi) is 2.14. The van der Waals surface area contributed by atoms with Crippen molar-refractivity contribution < 1.29 is 9.47 Å². The molecule has 2 heterocycles. The van der Waals surface area contributed by atoms with E-state index in [0.717, 1.165) is 21.8 Å². The maximum absolute atomic E-state index is 5.28. The number of rotatable bonds is 2. The third-order valence-corrected chi connectivity index (χ3v) is 2.84. The van der Waals surface area contributed by atoms with Crippen LogP contribution < -0.4 is 9.47 Å². The van der Waals surface area contributed by atoms with Gasteiger partial charge in [-0.2, -0.15) is 4.98 Å². The van der Waals surface area contributed by atoms with Crippen molar-refractivity contribution in [3.05, 3.63) is 30.3 Å². The summed E-state index contributed by atoms with van der Waals surface area (Å²) in [5.41, 5.74) is 1.96. The van der Waals surface area contributed by atoms with Gasteiger partial charge in [0, 0.05) is 22.4 Å². The van der Waals surface area contributed by atoms with E-state index >= 15 is 0 Å². The van der Waals surface area contributed by atoms with Crippen LogP contribution >= 0.6 is 0 Å². The summed E-state index contributed by atoms with van der Waals surface area (Å²) < 4.78 is 10.5. The molecule has 0 radical (unpaired) electrons. The van der Waals surface area contributed by atoms with Crippen LogP contribution in [0.4, 0.5) is 0 Å². The van der Waals surface area contributed by atoms with E-state index in [4.69, 9.17) is 9.47 Å². The summed E-state index contributed by atoms with van der Waals surface area (Å²) in [4.78, 5) is 7.56. The number of para-hydroxylation sites is 1. The standard InChI is InChI=1S/C13H12N2O2/c1-16-11-7-9-8-5-3-4-6-10(8)14-12(9)13(15-11)17-2/h3-7,14H,1-2H3. The minimum atomic E-state index is 0.551. The highest BCUT2D eigenvalue weighted by Crippen LogP contribution is 2.32. The molecule has 0 atom stereocenters. The highest BCUT2D eigenvalue weighted by Gasteiger charge is 2.11. The first-order valence-corrected chi connectivity index (χ1v) is 5.33. The van der Waals surface area contributed by atoms with Crippen molar-refractivity contribution in [3.8, 4) is 11.8 Å². The fourth-order valence-corrected chi connectivity index (χ4v) is 2.05. The van der Waals surface area contributed by atoms with Crippen LogP contribution in [0, 0.1) is 0 Å². The zero-order valence-corrected chi connectivity index (χ0v) is 9.65. The molecular formula is C13H12N2O2. The Balaban J connectivity index is 2.47. The molecule has 0 bridgehead atoms. The predicted molar refractivity (Wildman–Crippen MR) is 66.7 cm³/mol. The molecule has 0 spiro atoms. The lowest BCUT2D eigenvalue weighted by Crippen LogP contribution is -1.92. The Morgan fingerprint density at radius 3 is 2.65 bits per heavy atom. The van der Waals surface area contributed by atoms with Crippen molar-refractivity contribution in [1.82, 2.24) is 9.97 Å². The number of benzene rings is 1. The van der Waals surface area contributed by atoms with Crippen molar-refractivity contribution >= 4 is 21.8 Å². The van der Waals surface area contributed by atoms with Gasteiger partial charge < -0.3 is 14.5 Å². The second kappa shape index (κ2) is 3.66. The quantitative estimate of drug-likeness (QED) is 0.733. The van der Waals surface area contributed by atoms with Crippen molar-refractivity contribution in [1.29, 1.82) is 0 Å². The Morgan fingerprint density at radius 1 is 1.06 bits per heavy atom. The van der Waals surface area contributed by atoms with Gasteiger partial charge in [-0.05, 0) is 6.07 Å². The minimum Gasteiger partial charge on any atom is -0.481 e. The molecule has 3 aromatic rings. The molecule has 0 aliphatic rings.